The normalized spacial score (nSPS) is 11.6. The van der Waals surface area contributed by atoms with E-state index in [1.165, 1.54) is 18.3 Å². The van der Waals surface area contributed by atoms with Gasteiger partial charge in [0.15, 0.2) is 0 Å². The van der Waals surface area contributed by atoms with Gasteiger partial charge in [-0.25, -0.2) is 4.39 Å². The Morgan fingerprint density at radius 2 is 1.89 bits per heavy atom. The van der Waals surface area contributed by atoms with E-state index in [1.807, 2.05) is 0 Å². The highest BCUT2D eigenvalue weighted by Gasteiger charge is 2.34. The summed E-state index contributed by atoms with van der Waals surface area (Å²) in [6.07, 6.45) is -3.44. The number of hydrogen-bond acceptors (Lipinski definition) is 2. The molecule has 2 aromatic rings. The number of alkyl halides is 3. The number of nitrogens with two attached hydrogens (primary N) is 1. The zero-order valence-corrected chi connectivity index (χ0v) is 9.92. The van der Waals surface area contributed by atoms with Crippen LogP contribution in [0.3, 0.4) is 0 Å². The van der Waals surface area contributed by atoms with E-state index in [0.717, 1.165) is 6.07 Å². The molecule has 19 heavy (non-hydrogen) atoms. The topological polar surface area (TPSA) is 38.9 Å². The van der Waals surface area contributed by atoms with Crippen molar-refractivity contribution in [1.82, 2.24) is 4.98 Å². The molecular formula is C13H10F4N2. The fraction of sp³-hybridized carbons (Fsp3) is 0.154. The maximum atomic E-state index is 13.9. The molecule has 0 aliphatic heterocycles. The Morgan fingerprint density at radius 3 is 2.47 bits per heavy atom. The lowest BCUT2D eigenvalue weighted by Crippen LogP contribution is -2.08. The molecule has 0 atom stereocenters. The summed E-state index contributed by atoms with van der Waals surface area (Å²) in [6.45, 7) is 1.65. The summed E-state index contributed by atoms with van der Waals surface area (Å²) in [6, 6.07) is 4.51. The predicted octanol–water partition coefficient (Wildman–Crippen LogP) is 3.80. The minimum atomic E-state index is -4.73. The molecule has 1 aromatic carbocycles. The molecule has 0 fully saturated rings. The average molecular weight is 270 g/mol. The number of nitrogens with zero attached hydrogens (tertiary/aromatic N) is 1. The molecule has 0 bridgehead atoms. The number of benzene rings is 1. The second-order valence-corrected chi connectivity index (χ2v) is 4.06. The Balaban J connectivity index is 2.60. The minimum absolute atomic E-state index is 0.172. The number of aryl methyl sites for hydroxylation is 1. The fourth-order valence-corrected chi connectivity index (χ4v) is 1.67. The maximum absolute atomic E-state index is 13.9. The molecule has 0 aliphatic carbocycles. The summed E-state index contributed by atoms with van der Waals surface area (Å²) in [5.74, 6) is -1.32. The first-order valence-corrected chi connectivity index (χ1v) is 5.39. The molecule has 0 radical (unpaired) electrons. The van der Waals surface area contributed by atoms with E-state index in [-0.39, 0.29) is 11.1 Å². The lowest BCUT2D eigenvalue weighted by atomic mass is 10.0. The number of hydrogen-bond donors (Lipinski definition) is 1. The van der Waals surface area contributed by atoms with Gasteiger partial charge < -0.3 is 5.73 Å². The van der Waals surface area contributed by atoms with Crippen LogP contribution in [0.4, 0.5) is 23.2 Å². The van der Waals surface area contributed by atoms with E-state index >= 15 is 0 Å². The third kappa shape index (κ3) is 2.52. The second-order valence-electron chi connectivity index (χ2n) is 4.06. The molecule has 0 spiro atoms. The van der Waals surface area contributed by atoms with E-state index in [4.69, 9.17) is 5.73 Å². The molecule has 6 heteroatoms. The van der Waals surface area contributed by atoms with Gasteiger partial charge in [-0.3, -0.25) is 4.98 Å². The Kier molecular flexibility index (Phi) is 3.18. The third-order valence-corrected chi connectivity index (χ3v) is 2.74. The van der Waals surface area contributed by atoms with Gasteiger partial charge in [0, 0.05) is 17.3 Å². The number of aromatic nitrogens is 1. The molecule has 0 unspecified atom stereocenters. The highest BCUT2D eigenvalue weighted by molar-refractivity contribution is 5.68. The van der Waals surface area contributed by atoms with Crippen LogP contribution >= 0.6 is 0 Å². The van der Waals surface area contributed by atoms with Gasteiger partial charge >= 0.3 is 6.18 Å². The van der Waals surface area contributed by atoms with E-state index in [0.29, 0.717) is 17.4 Å². The molecule has 1 heterocycles. The lowest BCUT2D eigenvalue weighted by molar-refractivity contribution is -0.139. The van der Waals surface area contributed by atoms with E-state index in [2.05, 4.69) is 4.98 Å². The van der Waals surface area contributed by atoms with Gasteiger partial charge in [-0.15, -0.1) is 0 Å². The molecule has 2 N–H and O–H groups in total. The summed E-state index contributed by atoms with van der Waals surface area (Å²) in [5, 5.41) is 0. The van der Waals surface area contributed by atoms with Gasteiger partial charge in [0.2, 0.25) is 0 Å². The zero-order chi connectivity index (χ0) is 14.2. The van der Waals surface area contributed by atoms with Crippen molar-refractivity contribution in [2.45, 2.75) is 13.1 Å². The zero-order valence-electron chi connectivity index (χ0n) is 9.92. The highest BCUT2D eigenvalue weighted by Crippen LogP contribution is 2.35. The maximum Gasteiger partial charge on any atom is 0.419 e. The van der Waals surface area contributed by atoms with Crippen molar-refractivity contribution in [1.29, 1.82) is 0 Å². The molecule has 0 amide bonds. The van der Waals surface area contributed by atoms with E-state index in [9.17, 15) is 17.6 Å². The number of rotatable bonds is 1. The first-order valence-electron chi connectivity index (χ1n) is 5.39. The SMILES string of the molecule is Cc1ncc(-c2cccc(C(F)(F)F)c2F)cc1N. The summed E-state index contributed by atoms with van der Waals surface area (Å²) < 4.78 is 51.7. The third-order valence-electron chi connectivity index (χ3n) is 2.74. The van der Waals surface area contributed by atoms with E-state index in [1.54, 1.807) is 6.92 Å². The molecule has 2 nitrogen and oxygen atoms in total. The van der Waals surface area contributed by atoms with Crippen LogP contribution in [0, 0.1) is 12.7 Å². The summed E-state index contributed by atoms with van der Waals surface area (Å²) >= 11 is 0. The molecule has 0 aliphatic rings. The van der Waals surface area contributed by atoms with Crippen molar-refractivity contribution in [2.75, 3.05) is 5.73 Å². The van der Waals surface area contributed by atoms with Crippen molar-refractivity contribution in [3.63, 3.8) is 0 Å². The summed E-state index contributed by atoms with van der Waals surface area (Å²) in [4.78, 5) is 3.92. The van der Waals surface area contributed by atoms with Crippen LogP contribution in [-0.4, -0.2) is 4.98 Å². The number of halogens is 4. The first-order chi connectivity index (χ1) is 8.80. The minimum Gasteiger partial charge on any atom is -0.397 e. The van der Waals surface area contributed by atoms with Gasteiger partial charge in [0.05, 0.1) is 16.9 Å². The van der Waals surface area contributed by atoms with Crippen molar-refractivity contribution in [3.05, 3.63) is 47.5 Å². The van der Waals surface area contributed by atoms with Crippen molar-refractivity contribution in [3.8, 4) is 11.1 Å². The van der Waals surface area contributed by atoms with Crippen LogP contribution in [0.2, 0.25) is 0 Å². The standard InChI is InChI=1S/C13H10F4N2/c1-7-11(18)5-8(6-19-7)9-3-2-4-10(12(9)14)13(15,16)17/h2-6H,18H2,1H3. The van der Waals surface area contributed by atoms with Crippen LogP contribution < -0.4 is 5.73 Å². The number of anilines is 1. The summed E-state index contributed by atoms with van der Waals surface area (Å²) in [5.41, 5.74) is 5.20. The van der Waals surface area contributed by atoms with Crippen LogP contribution in [0.1, 0.15) is 11.3 Å². The molecule has 0 saturated heterocycles. The van der Waals surface area contributed by atoms with Crippen LogP contribution in [0.5, 0.6) is 0 Å². The number of pyridine rings is 1. The largest absolute Gasteiger partial charge is 0.419 e. The van der Waals surface area contributed by atoms with Crippen molar-refractivity contribution >= 4 is 5.69 Å². The molecule has 0 saturated carbocycles. The average Bonchev–Trinajstić information content (AvgIpc) is 2.32. The van der Waals surface area contributed by atoms with Crippen LogP contribution in [0.25, 0.3) is 11.1 Å². The molecule has 2 rings (SSSR count). The first kappa shape index (κ1) is 13.3. The Bertz CT molecular complexity index is 621. The fourth-order valence-electron chi connectivity index (χ4n) is 1.67. The Hall–Kier alpha value is -2.11. The van der Waals surface area contributed by atoms with Gasteiger partial charge in [0.25, 0.3) is 0 Å². The number of nitrogen functional groups attached to an aromatic ring is 1. The summed E-state index contributed by atoms with van der Waals surface area (Å²) in [7, 11) is 0. The molecule has 100 valence electrons. The molecular weight excluding hydrogens is 260 g/mol. The van der Waals surface area contributed by atoms with Crippen LogP contribution in [-0.2, 0) is 6.18 Å². The van der Waals surface area contributed by atoms with Crippen molar-refractivity contribution < 1.29 is 17.6 Å². The van der Waals surface area contributed by atoms with Gasteiger partial charge in [0.1, 0.15) is 5.82 Å². The van der Waals surface area contributed by atoms with E-state index < -0.39 is 17.6 Å². The Labute approximate surface area is 106 Å². The highest BCUT2D eigenvalue weighted by atomic mass is 19.4. The quantitative estimate of drug-likeness (QED) is 0.800. The Morgan fingerprint density at radius 1 is 1.21 bits per heavy atom. The van der Waals surface area contributed by atoms with Gasteiger partial charge in [-0.1, -0.05) is 12.1 Å². The van der Waals surface area contributed by atoms with Gasteiger partial charge in [-0.05, 0) is 19.1 Å². The second kappa shape index (κ2) is 4.53. The van der Waals surface area contributed by atoms with Crippen LogP contribution in [0.15, 0.2) is 30.5 Å². The predicted molar refractivity (Wildman–Crippen MR) is 63.8 cm³/mol. The lowest BCUT2D eigenvalue weighted by Gasteiger charge is -2.11. The van der Waals surface area contributed by atoms with Crippen molar-refractivity contribution in [2.24, 2.45) is 0 Å². The molecule has 1 aromatic heterocycles. The van der Waals surface area contributed by atoms with Gasteiger partial charge in [-0.2, -0.15) is 13.2 Å². The monoisotopic (exact) mass is 270 g/mol. The smallest absolute Gasteiger partial charge is 0.397 e.